The van der Waals surface area contributed by atoms with Gasteiger partial charge in [0.2, 0.25) is 0 Å². The molecule has 0 bridgehead atoms. The molecule has 1 aliphatic heterocycles. The van der Waals surface area contributed by atoms with Crippen molar-refractivity contribution >= 4 is 17.6 Å². The van der Waals surface area contributed by atoms with Crippen LogP contribution in [0.2, 0.25) is 0 Å². The zero-order valence-corrected chi connectivity index (χ0v) is 10.7. The highest BCUT2D eigenvalue weighted by Gasteiger charge is 2.24. The number of hydrogen-bond donors (Lipinski definition) is 1. The van der Waals surface area contributed by atoms with Crippen molar-refractivity contribution in [1.82, 2.24) is 15.1 Å². The highest BCUT2D eigenvalue weighted by atomic mass is 19.1. The van der Waals surface area contributed by atoms with Crippen LogP contribution >= 0.6 is 0 Å². The van der Waals surface area contributed by atoms with Gasteiger partial charge in [0.05, 0.1) is 0 Å². The van der Waals surface area contributed by atoms with Gasteiger partial charge < -0.3 is 14.6 Å². The fraction of sp³-hybridized carbons (Fsp3) is 0.308. The second-order valence-corrected chi connectivity index (χ2v) is 4.55. The predicted octanol–water partition coefficient (Wildman–Crippen LogP) is 2.19. The lowest BCUT2D eigenvalue weighted by molar-refractivity contribution is 0.0754. The second kappa shape index (κ2) is 5.28. The van der Waals surface area contributed by atoms with Crippen LogP contribution in [-0.4, -0.2) is 34.1 Å². The van der Waals surface area contributed by atoms with Crippen molar-refractivity contribution in [2.24, 2.45) is 0 Å². The third kappa shape index (κ3) is 2.61. The summed E-state index contributed by atoms with van der Waals surface area (Å²) in [5, 5.41) is 10.2. The summed E-state index contributed by atoms with van der Waals surface area (Å²) in [7, 11) is 0. The van der Waals surface area contributed by atoms with Gasteiger partial charge in [-0.2, -0.15) is 0 Å². The molecule has 1 aliphatic rings. The number of aromatic nitrogens is 2. The van der Waals surface area contributed by atoms with Gasteiger partial charge in [-0.15, -0.1) is 5.10 Å². The Morgan fingerprint density at radius 2 is 2.10 bits per heavy atom. The molecule has 0 radical (unpaired) electrons. The summed E-state index contributed by atoms with van der Waals surface area (Å²) < 4.78 is 18.3. The Morgan fingerprint density at radius 3 is 2.85 bits per heavy atom. The number of likely N-dealkylation sites (tertiary alicyclic amines) is 1. The van der Waals surface area contributed by atoms with Crippen LogP contribution in [0.4, 0.5) is 16.1 Å². The molecule has 2 heterocycles. The molecule has 7 heteroatoms. The molecular weight excluding hydrogens is 263 g/mol. The van der Waals surface area contributed by atoms with Gasteiger partial charge in [-0.3, -0.25) is 4.79 Å². The van der Waals surface area contributed by atoms with Crippen molar-refractivity contribution < 1.29 is 13.6 Å². The second-order valence-electron chi connectivity index (χ2n) is 4.55. The maximum Gasteiger partial charge on any atom is 0.320 e. The highest BCUT2D eigenvalue weighted by Crippen LogP contribution is 2.18. The average molecular weight is 276 g/mol. The van der Waals surface area contributed by atoms with Gasteiger partial charge in [-0.25, -0.2) is 4.39 Å². The lowest BCUT2D eigenvalue weighted by Gasteiger charge is -2.11. The van der Waals surface area contributed by atoms with Crippen LogP contribution in [0.3, 0.4) is 0 Å². The van der Waals surface area contributed by atoms with E-state index in [9.17, 15) is 9.18 Å². The normalized spacial score (nSPS) is 14.6. The molecule has 1 aromatic heterocycles. The van der Waals surface area contributed by atoms with Crippen LogP contribution in [0.15, 0.2) is 28.7 Å². The van der Waals surface area contributed by atoms with E-state index >= 15 is 0 Å². The fourth-order valence-corrected chi connectivity index (χ4v) is 2.11. The number of rotatable bonds is 3. The lowest BCUT2D eigenvalue weighted by Crippen LogP contribution is -2.27. The summed E-state index contributed by atoms with van der Waals surface area (Å²) in [5.74, 6) is -0.684. The molecule has 0 saturated carbocycles. The Hall–Kier alpha value is -2.44. The zero-order chi connectivity index (χ0) is 13.9. The number of hydrogen-bond acceptors (Lipinski definition) is 5. The third-order valence-corrected chi connectivity index (χ3v) is 3.08. The Bertz CT molecular complexity index is 622. The number of benzene rings is 1. The minimum Gasteiger partial charge on any atom is -0.399 e. The number of carbonyl (C=O) groups is 1. The first-order valence-corrected chi connectivity index (χ1v) is 6.38. The molecule has 0 aliphatic carbocycles. The van der Waals surface area contributed by atoms with Gasteiger partial charge in [-0.05, 0) is 31.0 Å². The van der Waals surface area contributed by atoms with Crippen LogP contribution in [0.1, 0.15) is 23.5 Å². The van der Waals surface area contributed by atoms with Gasteiger partial charge >= 0.3 is 17.8 Å². The van der Waals surface area contributed by atoms with Crippen LogP contribution in [0, 0.1) is 5.82 Å². The first-order valence-electron chi connectivity index (χ1n) is 6.38. The van der Waals surface area contributed by atoms with E-state index in [0.29, 0.717) is 18.8 Å². The molecule has 1 fully saturated rings. The smallest absolute Gasteiger partial charge is 0.320 e. The monoisotopic (exact) mass is 276 g/mol. The van der Waals surface area contributed by atoms with Crippen molar-refractivity contribution in [3.8, 4) is 0 Å². The topological polar surface area (TPSA) is 71.3 Å². The van der Waals surface area contributed by atoms with Gasteiger partial charge in [0.1, 0.15) is 5.82 Å². The predicted molar refractivity (Wildman–Crippen MR) is 69.1 cm³/mol. The number of anilines is 2. The standard InChI is InChI=1S/C13H13FN4O2/c14-9-4-3-5-10(8-9)15-13-17-16-11(20-13)12(19)18-6-1-2-7-18/h3-5,8H,1-2,6-7H2,(H,15,17). The molecule has 0 spiro atoms. The number of nitrogens with one attached hydrogen (secondary N) is 1. The van der Waals surface area contributed by atoms with E-state index in [0.717, 1.165) is 12.8 Å². The summed E-state index contributed by atoms with van der Waals surface area (Å²) in [6.07, 6.45) is 1.99. The molecule has 0 atom stereocenters. The van der Waals surface area contributed by atoms with E-state index < -0.39 is 0 Å². The van der Waals surface area contributed by atoms with Gasteiger partial charge in [0.25, 0.3) is 0 Å². The van der Waals surface area contributed by atoms with Crippen LogP contribution in [0.5, 0.6) is 0 Å². The summed E-state index contributed by atoms with van der Waals surface area (Å²) >= 11 is 0. The SMILES string of the molecule is O=C(c1nnc(Nc2cccc(F)c2)o1)N1CCCC1. The summed E-state index contributed by atoms with van der Waals surface area (Å²) in [4.78, 5) is 13.7. The quantitative estimate of drug-likeness (QED) is 0.930. The van der Waals surface area contributed by atoms with E-state index in [1.54, 1.807) is 17.0 Å². The first kappa shape index (κ1) is 12.6. The van der Waals surface area contributed by atoms with Gasteiger partial charge in [0.15, 0.2) is 0 Å². The van der Waals surface area contributed by atoms with Crippen LogP contribution < -0.4 is 5.32 Å². The van der Waals surface area contributed by atoms with E-state index in [1.807, 2.05) is 0 Å². The van der Waals surface area contributed by atoms with Crippen molar-refractivity contribution in [3.05, 3.63) is 36.0 Å². The maximum atomic E-state index is 13.0. The van der Waals surface area contributed by atoms with E-state index in [2.05, 4.69) is 15.5 Å². The van der Waals surface area contributed by atoms with Crippen LogP contribution in [-0.2, 0) is 0 Å². The molecule has 20 heavy (non-hydrogen) atoms. The molecular formula is C13H13FN4O2. The minimum absolute atomic E-state index is 0.0502. The zero-order valence-electron chi connectivity index (χ0n) is 10.7. The molecule has 104 valence electrons. The highest BCUT2D eigenvalue weighted by molar-refractivity contribution is 5.89. The number of amides is 1. The Balaban J connectivity index is 1.71. The van der Waals surface area contributed by atoms with E-state index in [1.165, 1.54) is 12.1 Å². The van der Waals surface area contributed by atoms with Crippen molar-refractivity contribution in [1.29, 1.82) is 0 Å². The minimum atomic E-state index is -0.372. The van der Waals surface area contributed by atoms with Gasteiger partial charge in [-0.1, -0.05) is 11.2 Å². The number of nitrogens with zero attached hydrogens (tertiary/aromatic N) is 3. The number of halogens is 1. The molecule has 1 saturated heterocycles. The molecule has 1 aromatic carbocycles. The largest absolute Gasteiger partial charge is 0.399 e. The molecule has 3 rings (SSSR count). The van der Waals surface area contributed by atoms with Crippen LogP contribution in [0.25, 0.3) is 0 Å². The lowest BCUT2D eigenvalue weighted by atomic mass is 10.3. The molecule has 0 unspecified atom stereocenters. The Labute approximate surface area is 114 Å². The summed E-state index contributed by atoms with van der Waals surface area (Å²) in [5.41, 5.74) is 0.480. The fourth-order valence-electron chi connectivity index (χ4n) is 2.11. The molecule has 2 aromatic rings. The molecule has 1 amide bonds. The summed E-state index contributed by atoms with van der Waals surface area (Å²) in [6, 6.07) is 5.92. The average Bonchev–Trinajstić information content (AvgIpc) is 3.09. The van der Waals surface area contributed by atoms with Gasteiger partial charge in [0, 0.05) is 18.8 Å². The van der Waals surface area contributed by atoms with Crippen molar-refractivity contribution in [2.45, 2.75) is 12.8 Å². The molecule has 1 N–H and O–H groups in total. The maximum absolute atomic E-state index is 13.0. The Kier molecular flexibility index (Phi) is 3.32. The van der Waals surface area contributed by atoms with Crippen molar-refractivity contribution in [3.63, 3.8) is 0 Å². The first-order chi connectivity index (χ1) is 9.72. The Morgan fingerprint density at radius 1 is 1.30 bits per heavy atom. The number of carbonyl (C=O) groups excluding carboxylic acids is 1. The molecule has 6 nitrogen and oxygen atoms in total. The van der Waals surface area contributed by atoms with Crippen molar-refractivity contribution in [2.75, 3.05) is 18.4 Å². The third-order valence-electron chi connectivity index (χ3n) is 3.08. The van der Waals surface area contributed by atoms with E-state index in [-0.39, 0.29) is 23.6 Å². The van der Waals surface area contributed by atoms with E-state index in [4.69, 9.17) is 4.42 Å². The summed E-state index contributed by atoms with van der Waals surface area (Å²) in [6.45, 7) is 1.43.